The van der Waals surface area contributed by atoms with Crippen LogP contribution in [0.15, 0.2) is 35.9 Å². The number of aliphatic hydroxyl groups excluding tert-OH is 1. The molecule has 1 aromatic rings. The van der Waals surface area contributed by atoms with E-state index in [9.17, 15) is 0 Å². The number of hydrogen-bond acceptors (Lipinski definition) is 1. The third kappa shape index (κ3) is 3.43. The number of hydrogen-bond donors (Lipinski definition) is 1. The van der Waals surface area contributed by atoms with Crippen LogP contribution in [0.5, 0.6) is 0 Å². The van der Waals surface area contributed by atoms with Crippen LogP contribution in [-0.2, 0) is 0 Å². The van der Waals surface area contributed by atoms with E-state index in [4.69, 9.17) is 5.11 Å². The zero-order valence-corrected chi connectivity index (χ0v) is 8.03. The van der Waals surface area contributed by atoms with Crippen molar-refractivity contribution in [2.45, 2.75) is 19.8 Å². The molecule has 1 aromatic carbocycles. The van der Waals surface area contributed by atoms with Crippen molar-refractivity contribution in [3.8, 4) is 0 Å². The second kappa shape index (κ2) is 5.55. The third-order valence-corrected chi connectivity index (χ3v) is 1.94. The Balaban J connectivity index is 2.73. The zero-order chi connectivity index (χ0) is 9.52. The molecule has 1 heteroatoms. The van der Waals surface area contributed by atoms with Crippen LogP contribution in [0, 0.1) is 0 Å². The summed E-state index contributed by atoms with van der Waals surface area (Å²) < 4.78 is 0. The molecule has 0 aliphatic heterocycles. The summed E-state index contributed by atoms with van der Waals surface area (Å²) in [6.45, 7) is 2.29. The molecule has 0 aliphatic rings. The van der Waals surface area contributed by atoms with Crippen LogP contribution in [0.2, 0.25) is 0 Å². The molecule has 0 aliphatic carbocycles. The van der Waals surface area contributed by atoms with E-state index in [-0.39, 0.29) is 6.61 Å². The van der Waals surface area contributed by atoms with Crippen molar-refractivity contribution >= 4 is 6.08 Å². The summed E-state index contributed by atoms with van der Waals surface area (Å²) >= 11 is 0. The first-order chi connectivity index (χ1) is 6.36. The molecule has 13 heavy (non-hydrogen) atoms. The summed E-state index contributed by atoms with van der Waals surface area (Å²) in [7, 11) is 0. The molecule has 70 valence electrons. The fraction of sp³-hybridized carbons (Fsp3) is 0.333. The van der Waals surface area contributed by atoms with E-state index in [1.807, 2.05) is 30.3 Å². The van der Waals surface area contributed by atoms with E-state index in [0.29, 0.717) is 0 Å². The lowest BCUT2D eigenvalue weighted by Crippen LogP contribution is -1.89. The van der Waals surface area contributed by atoms with Gasteiger partial charge in [0.15, 0.2) is 0 Å². The van der Waals surface area contributed by atoms with Gasteiger partial charge in [-0.05, 0) is 17.6 Å². The van der Waals surface area contributed by atoms with Gasteiger partial charge >= 0.3 is 0 Å². The Labute approximate surface area is 79.7 Å². The van der Waals surface area contributed by atoms with Crippen molar-refractivity contribution in [3.05, 3.63) is 41.5 Å². The highest BCUT2D eigenvalue weighted by atomic mass is 16.3. The zero-order valence-electron chi connectivity index (χ0n) is 8.03. The first-order valence-corrected chi connectivity index (χ1v) is 4.72. The molecule has 0 bridgehead atoms. The van der Waals surface area contributed by atoms with Gasteiger partial charge in [0.1, 0.15) is 0 Å². The molecule has 0 saturated carbocycles. The lowest BCUT2D eigenvalue weighted by molar-refractivity contribution is 0.327. The number of rotatable bonds is 4. The largest absolute Gasteiger partial charge is 0.392 e. The Kier molecular flexibility index (Phi) is 4.27. The van der Waals surface area contributed by atoms with Crippen molar-refractivity contribution in [2.24, 2.45) is 0 Å². The van der Waals surface area contributed by atoms with E-state index in [2.05, 4.69) is 13.0 Å². The topological polar surface area (TPSA) is 20.2 Å². The molecule has 0 fully saturated rings. The molecule has 0 unspecified atom stereocenters. The smallest absolute Gasteiger partial charge is 0.0645 e. The average Bonchev–Trinajstić information content (AvgIpc) is 2.19. The van der Waals surface area contributed by atoms with Gasteiger partial charge < -0.3 is 5.11 Å². The summed E-state index contributed by atoms with van der Waals surface area (Å²) in [6, 6.07) is 10.1. The van der Waals surface area contributed by atoms with Crippen molar-refractivity contribution < 1.29 is 5.11 Å². The summed E-state index contributed by atoms with van der Waals surface area (Å²) in [6.07, 6.45) is 4.12. The standard InChI is InChI=1S/C12H16O/c1-2-6-12(10-13)9-11-7-4-3-5-8-11/h3-5,7-9,13H,2,6,10H2,1H3/b12-9+. The summed E-state index contributed by atoms with van der Waals surface area (Å²) in [5, 5.41) is 9.05. The monoisotopic (exact) mass is 176 g/mol. The highest BCUT2D eigenvalue weighted by Gasteiger charge is 1.93. The third-order valence-electron chi connectivity index (χ3n) is 1.94. The van der Waals surface area contributed by atoms with E-state index >= 15 is 0 Å². The van der Waals surface area contributed by atoms with Gasteiger partial charge in [-0.3, -0.25) is 0 Å². The second-order valence-electron chi connectivity index (χ2n) is 3.12. The van der Waals surface area contributed by atoms with Gasteiger partial charge in [0.25, 0.3) is 0 Å². The highest BCUT2D eigenvalue weighted by Crippen LogP contribution is 2.10. The minimum atomic E-state index is 0.169. The van der Waals surface area contributed by atoms with Crippen molar-refractivity contribution in [1.29, 1.82) is 0 Å². The van der Waals surface area contributed by atoms with E-state index in [1.54, 1.807) is 0 Å². The molecule has 1 nitrogen and oxygen atoms in total. The van der Waals surface area contributed by atoms with Crippen molar-refractivity contribution in [2.75, 3.05) is 6.61 Å². The predicted octanol–water partition coefficient (Wildman–Crippen LogP) is 2.86. The highest BCUT2D eigenvalue weighted by molar-refractivity contribution is 5.52. The number of benzene rings is 1. The van der Waals surface area contributed by atoms with E-state index < -0.39 is 0 Å². The Bertz CT molecular complexity index is 262. The Morgan fingerprint density at radius 1 is 1.31 bits per heavy atom. The first-order valence-electron chi connectivity index (χ1n) is 4.72. The molecule has 1 rings (SSSR count). The minimum absolute atomic E-state index is 0.169. The SMILES string of the molecule is CCC/C(=C\c1ccccc1)CO. The van der Waals surface area contributed by atoms with Gasteiger partial charge in [-0.2, -0.15) is 0 Å². The average molecular weight is 176 g/mol. The van der Waals surface area contributed by atoms with Crippen LogP contribution in [0.4, 0.5) is 0 Å². The van der Waals surface area contributed by atoms with Crippen LogP contribution in [0.3, 0.4) is 0 Å². The summed E-state index contributed by atoms with van der Waals surface area (Å²) in [4.78, 5) is 0. The van der Waals surface area contributed by atoms with Crippen molar-refractivity contribution in [1.82, 2.24) is 0 Å². The molecule has 0 aromatic heterocycles. The van der Waals surface area contributed by atoms with Crippen LogP contribution >= 0.6 is 0 Å². The first kappa shape index (κ1) is 10.0. The Morgan fingerprint density at radius 2 is 2.00 bits per heavy atom. The van der Waals surface area contributed by atoms with Crippen LogP contribution < -0.4 is 0 Å². The minimum Gasteiger partial charge on any atom is -0.392 e. The second-order valence-corrected chi connectivity index (χ2v) is 3.12. The number of aliphatic hydroxyl groups is 1. The lowest BCUT2D eigenvalue weighted by atomic mass is 10.1. The maximum absolute atomic E-state index is 9.05. The fourth-order valence-corrected chi connectivity index (χ4v) is 1.30. The Morgan fingerprint density at radius 3 is 2.54 bits per heavy atom. The molecular weight excluding hydrogens is 160 g/mol. The molecule has 1 N–H and O–H groups in total. The normalized spacial score (nSPS) is 11.7. The van der Waals surface area contributed by atoms with Gasteiger partial charge in [-0.15, -0.1) is 0 Å². The van der Waals surface area contributed by atoms with Gasteiger partial charge in [0.2, 0.25) is 0 Å². The summed E-state index contributed by atoms with van der Waals surface area (Å²) in [5.41, 5.74) is 2.27. The molecule has 0 atom stereocenters. The van der Waals surface area contributed by atoms with Crippen molar-refractivity contribution in [3.63, 3.8) is 0 Å². The predicted molar refractivity (Wildman–Crippen MR) is 56.4 cm³/mol. The molecule has 0 saturated heterocycles. The Hall–Kier alpha value is -1.08. The maximum Gasteiger partial charge on any atom is 0.0645 e. The molecule has 0 amide bonds. The van der Waals surface area contributed by atoms with Crippen LogP contribution in [0.25, 0.3) is 6.08 Å². The van der Waals surface area contributed by atoms with Gasteiger partial charge in [-0.1, -0.05) is 49.8 Å². The lowest BCUT2D eigenvalue weighted by Gasteiger charge is -2.01. The van der Waals surface area contributed by atoms with Crippen LogP contribution in [0.1, 0.15) is 25.3 Å². The molecular formula is C12H16O. The molecule has 0 heterocycles. The van der Waals surface area contributed by atoms with E-state index in [1.165, 1.54) is 5.56 Å². The van der Waals surface area contributed by atoms with Gasteiger partial charge in [0, 0.05) is 0 Å². The summed E-state index contributed by atoms with van der Waals surface area (Å²) in [5.74, 6) is 0. The maximum atomic E-state index is 9.05. The quantitative estimate of drug-likeness (QED) is 0.748. The molecule has 0 spiro atoms. The molecule has 0 radical (unpaired) electrons. The van der Waals surface area contributed by atoms with Gasteiger partial charge in [0.05, 0.1) is 6.61 Å². The van der Waals surface area contributed by atoms with Crippen LogP contribution in [-0.4, -0.2) is 11.7 Å². The van der Waals surface area contributed by atoms with E-state index in [0.717, 1.165) is 18.4 Å². The fourth-order valence-electron chi connectivity index (χ4n) is 1.30. The van der Waals surface area contributed by atoms with Gasteiger partial charge in [-0.25, -0.2) is 0 Å².